The first-order valence-corrected chi connectivity index (χ1v) is 13.4. The Morgan fingerprint density at radius 3 is 2.54 bits per heavy atom. The highest BCUT2D eigenvalue weighted by Gasteiger charge is 2.32. The molecule has 2 fully saturated rings. The van der Waals surface area contributed by atoms with Gasteiger partial charge in [-0.1, -0.05) is 17.7 Å². The van der Waals surface area contributed by atoms with Crippen LogP contribution in [0.5, 0.6) is 0 Å². The number of alkyl halides is 3. The summed E-state index contributed by atoms with van der Waals surface area (Å²) in [6.45, 7) is 2.42. The lowest BCUT2D eigenvalue weighted by Gasteiger charge is -2.42. The predicted molar refractivity (Wildman–Crippen MR) is 143 cm³/mol. The van der Waals surface area contributed by atoms with Gasteiger partial charge < -0.3 is 20.9 Å². The zero-order valence-corrected chi connectivity index (χ0v) is 22.8. The normalized spacial score (nSPS) is 19.7. The number of benzene rings is 2. The fourth-order valence-electron chi connectivity index (χ4n) is 4.93. The number of nitrogens with one attached hydrogen (secondary N) is 3. The molecule has 2 aromatic carbocycles. The third-order valence-corrected chi connectivity index (χ3v) is 7.35. The van der Waals surface area contributed by atoms with Gasteiger partial charge in [-0.15, -0.1) is 0 Å². The summed E-state index contributed by atoms with van der Waals surface area (Å²) in [6.07, 6.45) is -4.65. The van der Waals surface area contributed by atoms with E-state index in [0.29, 0.717) is 36.8 Å². The Hall–Kier alpha value is -3.45. The minimum absolute atomic E-state index is 0.123. The summed E-state index contributed by atoms with van der Waals surface area (Å²) in [5, 5.41) is 7.88. The molecule has 2 aliphatic rings. The zero-order chi connectivity index (χ0) is 29.9. The molecule has 2 aromatic rings. The summed E-state index contributed by atoms with van der Waals surface area (Å²) in [5.74, 6) is -4.41. The largest absolute Gasteiger partial charge is 0.390 e. The van der Waals surface area contributed by atoms with Crippen molar-refractivity contribution in [2.75, 3.05) is 36.4 Å². The van der Waals surface area contributed by atoms with Crippen molar-refractivity contribution in [1.29, 1.82) is 0 Å². The first-order valence-electron chi connectivity index (χ1n) is 13.0. The highest BCUT2D eigenvalue weighted by molar-refractivity contribution is 6.31. The molecule has 0 aromatic heterocycles. The fraction of sp³-hybridized carbons (Fsp3) is 0.444. The van der Waals surface area contributed by atoms with E-state index in [1.54, 1.807) is 11.0 Å². The van der Waals surface area contributed by atoms with Crippen LogP contribution in [0.25, 0.3) is 0 Å². The number of halogens is 6. The van der Waals surface area contributed by atoms with Gasteiger partial charge in [-0.05, 0) is 37.6 Å². The number of amides is 3. The molecular weight excluding hydrogens is 573 g/mol. The minimum Gasteiger partial charge on any atom is -0.365 e. The Kier molecular flexibility index (Phi) is 9.37. The van der Waals surface area contributed by atoms with Crippen LogP contribution in [0.15, 0.2) is 30.3 Å². The number of nitrogens with zero attached hydrogens (tertiary/aromatic N) is 2. The molecule has 2 heterocycles. The molecule has 2 atom stereocenters. The maximum atomic E-state index is 15.0. The zero-order valence-electron chi connectivity index (χ0n) is 22.1. The number of hydrogen-bond acceptors (Lipinski definition) is 5. The third kappa shape index (κ3) is 7.64. The van der Waals surface area contributed by atoms with Crippen molar-refractivity contribution in [3.05, 3.63) is 58.1 Å². The van der Waals surface area contributed by atoms with E-state index < -0.39 is 47.7 Å². The van der Waals surface area contributed by atoms with Gasteiger partial charge in [0.25, 0.3) is 5.91 Å². The van der Waals surface area contributed by atoms with E-state index in [4.69, 9.17) is 11.6 Å². The molecule has 3 N–H and O–H groups in total. The summed E-state index contributed by atoms with van der Waals surface area (Å²) in [7, 11) is 0. The maximum Gasteiger partial charge on any atom is 0.390 e. The van der Waals surface area contributed by atoms with E-state index in [1.807, 2.05) is 11.8 Å². The van der Waals surface area contributed by atoms with Gasteiger partial charge in [0.1, 0.15) is 6.04 Å². The fourth-order valence-corrected chi connectivity index (χ4v) is 5.10. The van der Waals surface area contributed by atoms with Gasteiger partial charge in [-0.3, -0.25) is 19.3 Å². The van der Waals surface area contributed by atoms with Crippen molar-refractivity contribution < 1.29 is 36.3 Å². The quantitative estimate of drug-likeness (QED) is 0.394. The standard InChI is InChI=1S/C27H29ClF5N5O3/c1-15-14-37(9-8-27(31,32)33)10-11-38(15)21-12-17(28)3-5-19(21)36-25(40)18-4-2-16(23(29)24(18)30)13-34-26(41)20-6-7-22(39)35-20/h2-5,12,15,20H,6-11,13-14H2,1H3,(H,34,41)(H,35,39)(H,36,40)/t15-,20+/m1/s1. The summed E-state index contributed by atoms with van der Waals surface area (Å²) in [4.78, 5) is 40.1. The van der Waals surface area contributed by atoms with Crippen LogP contribution >= 0.6 is 11.6 Å². The topological polar surface area (TPSA) is 93.8 Å². The molecule has 0 aliphatic carbocycles. The Balaban J connectivity index is 1.44. The summed E-state index contributed by atoms with van der Waals surface area (Å²) >= 11 is 6.19. The van der Waals surface area contributed by atoms with Gasteiger partial charge in [0, 0.05) is 55.8 Å². The van der Waals surface area contributed by atoms with Gasteiger partial charge in [0.2, 0.25) is 11.8 Å². The molecule has 222 valence electrons. The third-order valence-electron chi connectivity index (χ3n) is 7.11. The van der Waals surface area contributed by atoms with Crippen molar-refractivity contribution in [3.8, 4) is 0 Å². The molecule has 0 unspecified atom stereocenters. The van der Waals surface area contributed by atoms with Crippen LogP contribution in [0.4, 0.5) is 33.3 Å². The average molecular weight is 602 g/mol. The number of anilines is 2. The molecule has 0 radical (unpaired) electrons. The van der Waals surface area contributed by atoms with Gasteiger partial charge in [-0.2, -0.15) is 13.2 Å². The molecular formula is C27H29ClF5N5O3. The number of carbonyl (C=O) groups is 3. The van der Waals surface area contributed by atoms with E-state index in [2.05, 4.69) is 16.0 Å². The maximum absolute atomic E-state index is 15.0. The van der Waals surface area contributed by atoms with Gasteiger partial charge >= 0.3 is 6.18 Å². The van der Waals surface area contributed by atoms with Crippen LogP contribution < -0.4 is 20.9 Å². The molecule has 0 bridgehead atoms. The number of piperazine rings is 1. The van der Waals surface area contributed by atoms with Crippen LogP contribution in [0, 0.1) is 11.6 Å². The second-order valence-electron chi connectivity index (χ2n) is 10.1. The minimum atomic E-state index is -4.25. The van der Waals surface area contributed by atoms with Crippen molar-refractivity contribution in [2.45, 2.75) is 51.0 Å². The second-order valence-corrected chi connectivity index (χ2v) is 10.5. The highest BCUT2D eigenvalue weighted by Crippen LogP contribution is 2.33. The van der Waals surface area contributed by atoms with Crippen LogP contribution in [0.2, 0.25) is 5.02 Å². The molecule has 8 nitrogen and oxygen atoms in total. The molecule has 2 saturated heterocycles. The van der Waals surface area contributed by atoms with Gasteiger partial charge in [0.15, 0.2) is 11.6 Å². The van der Waals surface area contributed by atoms with Crippen molar-refractivity contribution in [2.24, 2.45) is 0 Å². The number of carbonyl (C=O) groups excluding carboxylic acids is 3. The first-order chi connectivity index (χ1) is 19.3. The van der Waals surface area contributed by atoms with E-state index in [1.165, 1.54) is 18.2 Å². The van der Waals surface area contributed by atoms with Crippen LogP contribution in [0.1, 0.15) is 42.1 Å². The van der Waals surface area contributed by atoms with Crippen LogP contribution in [-0.2, 0) is 16.1 Å². The summed E-state index contributed by atoms with van der Waals surface area (Å²) in [6, 6.07) is 5.94. The summed E-state index contributed by atoms with van der Waals surface area (Å²) < 4.78 is 67.7. The molecule has 0 saturated carbocycles. The number of rotatable bonds is 8. The van der Waals surface area contributed by atoms with Crippen LogP contribution in [0.3, 0.4) is 0 Å². The Morgan fingerprint density at radius 2 is 1.88 bits per heavy atom. The van der Waals surface area contributed by atoms with E-state index in [0.717, 1.165) is 6.07 Å². The van der Waals surface area contributed by atoms with Crippen LogP contribution in [-0.4, -0.2) is 67.1 Å². The lowest BCUT2D eigenvalue weighted by atomic mass is 10.1. The molecule has 41 heavy (non-hydrogen) atoms. The van der Waals surface area contributed by atoms with Gasteiger partial charge in [0.05, 0.1) is 23.4 Å². The smallest absolute Gasteiger partial charge is 0.365 e. The SMILES string of the molecule is C[C@@H]1CN(CCC(F)(F)F)CCN1c1cc(Cl)ccc1NC(=O)c1ccc(CNC(=O)[C@@H]2CCC(=O)N2)c(F)c1F. The van der Waals surface area contributed by atoms with Crippen molar-refractivity contribution >= 4 is 40.7 Å². The molecule has 14 heteroatoms. The van der Waals surface area contributed by atoms with Crippen molar-refractivity contribution in [3.63, 3.8) is 0 Å². The van der Waals surface area contributed by atoms with E-state index >= 15 is 0 Å². The lowest BCUT2D eigenvalue weighted by molar-refractivity contribution is -0.138. The average Bonchev–Trinajstić information content (AvgIpc) is 3.35. The monoisotopic (exact) mass is 601 g/mol. The number of hydrogen-bond donors (Lipinski definition) is 3. The Morgan fingerprint density at radius 1 is 1.12 bits per heavy atom. The summed E-state index contributed by atoms with van der Waals surface area (Å²) in [5.41, 5.74) is 0.0189. The lowest BCUT2D eigenvalue weighted by Crippen LogP contribution is -2.52. The van der Waals surface area contributed by atoms with Crippen molar-refractivity contribution in [1.82, 2.24) is 15.5 Å². The molecule has 4 rings (SSSR count). The highest BCUT2D eigenvalue weighted by atomic mass is 35.5. The molecule has 3 amide bonds. The van der Waals surface area contributed by atoms with Gasteiger partial charge in [-0.25, -0.2) is 8.78 Å². The first kappa shape index (κ1) is 30.5. The Labute approximate surface area is 238 Å². The second kappa shape index (κ2) is 12.6. The molecule has 2 aliphatic heterocycles. The predicted octanol–water partition coefficient (Wildman–Crippen LogP) is 4.23. The Bertz CT molecular complexity index is 1320. The molecule has 0 spiro atoms. The van der Waals surface area contributed by atoms with E-state index in [9.17, 15) is 36.3 Å². The van der Waals surface area contributed by atoms with E-state index in [-0.39, 0.29) is 42.7 Å².